The van der Waals surface area contributed by atoms with E-state index in [-0.39, 0.29) is 11.3 Å². The molecule has 0 saturated heterocycles. The summed E-state index contributed by atoms with van der Waals surface area (Å²) in [5.41, 5.74) is -4.67. The van der Waals surface area contributed by atoms with Crippen LogP contribution in [-0.4, -0.2) is 18.9 Å². The van der Waals surface area contributed by atoms with Gasteiger partial charge in [-0.05, 0) is 35.8 Å². The average Bonchev–Trinajstić information content (AvgIpc) is 2.36. The van der Waals surface area contributed by atoms with Crippen molar-refractivity contribution in [2.45, 2.75) is 38.1 Å². The molecule has 2 bridgehead atoms. The monoisotopic (exact) mass is 339 g/mol. The number of hydrogen-bond acceptors (Lipinski definition) is 4. The van der Waals surface area contributed by atoms with Crippen LogP contribution in [0.15, 0.2) is 6.07 Å². The molecule has 1 fully saturated rings. The molecule has 1 saturated carbocycles. The number of aromatic nitrogens is 1. The molecule has 1 aromatic rings. The van der Waals surface area contributed by atoms with Crippen molar-refractivity contribution in [3.8, 4) is 5.88 Å². The molecule has 122 valence electrons. The molecule has 0 aromatic carbocycles. The minimum Gasteiger partial charge on any atom is -0.352 e. The van der Waals surface area contributed by atoms with Crippen LogP contribution in [0.2, 0.25) is 0 Å². The van der Waals surface area contributed by atoms with E-state index >= 15 is 0 Å². The van der Waals surface area contributed by atoms with E-state index in [1.54, 1.807) is 0 Å². The Hall–Kier alpha value is -1.38. The van der Waals surface area contributed by atoms with E-state index in [0.29, 0.717) is 23.6 Å². The summed E-state index contributed by atoms with van der Waals surface area (Å²) in [6.45, 7) is 4.01. The zero-order valence-electron chi connectivity index (χ0n) is 11.7. The number of pyridine rings is 1. The Labute approximate surface area is 124 Å². The van der Waals surface area contributed by atoms with Crippen LogP contribution < -0.4 is 4.18 Å². The first-order valence-electron chi connectivity index (χ1n) is 6.63. The lowest BCUT2D eigenvalue weighted by Crippen LogP contribution is -2.48. The van der Waals surface area contributed by atoms with Crippen LogP contribution in [-0.2, 0) is 16.5 Å². The molecule has 22 heavy (non-hydrogen) atoms. The van der Waals surface area contributed by atoms with E-state index in [2.05, 4.69) is 9.17 Å². The molecule has 0 N–H and O–H groups in total. The molecule has 0 radical (unpaired) electrons. The van der Waals surface area contributed by atoms with Crippen molar-refractivity contribution >= 4 is 10.1 Å². The summed E-state index contributed by atoms with van der Waals surface area (Å²) in [6.07, 6.45) is 1.39. The zero-order valence-corrected chi connectivity index (χ0v) is 12.6. The predicted molar refractivity (Wildman–Crippen MR) is 68.1 cm³/mol. The van der Waals surface area contributed by atoms with Crippen LogP contribution in [0.3, 0.4) is 0 Å². The minimum absolute atomic E-state index is 0.0298. The standard InChI is InChI=1S/C13H13F4NO3S/c1-12(2)7-3-6-4-9(14)11(18-10(6)8(12)5-7)21-22(19,20)13(15,16)17/h4,7-8H,3,5H2,1-2H3/t7-,8-/m0/s1. The molecule has 0 aliphatic heterocycles. The predicted octanol–water partition coefficient (Wildman–Crippen LogP) is 3.13. The van der Waals surface area contributed by atoms with Gasteiger partial charge in [0.25, 0.3) is 5.88 Å². The van der Waals surface area contributed by atoms with Gasteiger partial charge in [-0.1, -0.05) is 13.8 Å². The maximum absolute atomic E-state index is 13.8. The van der Waals surface area contributed by atoms with Crippen molar-refractivity contribution in [3.05, 3.63) is 23.1 Å². The molecule has 9 heteroatoms. The third kappa shape index (κ3) is 2.09. The molecule has 1 heterocycles. The lowest BCUT2D eigenvalue weighted by Gasteiger charge is -2.56. The number of alkyl halides is 3. The van der Waals surface area contributed by atoms with Crippen molar-refractivity contribution in [2.75, 3.05) is 0 Å². The highest BCUT2D eigenvalue weighted by Gasteiger charge is 2.54. The van der Waals surface area contributed by atoms with E-state index in [0.717, 1.165) is 12.5 Å². The van der Waals surface area contributed by atoms with Crippen molar-refractivity contribution in [3.63, 3.8) is 0 Å². The molecule has 1 aromatic heterocycles. The summed E-state index contributed by atoms with van der Waals surface area (Å²) in [4.78, 5) is 3.75. The fourth-order valence-corrected chi connectivity index (χ4v) is 3.71. The SMILES string of the molecule is CC1(C)[C@H]2Cc3cc(F)c(OS(=O)(=O)C(F)(F)F)nc3[C@@H]1C2. The van der Waals surface area contributed by atoms with E-state index in [4.69, 9.17) is 0 Å². The third-order valence-electron chi connectivity index (χ3n) is 4.80. The first-order chi connectivity index (χ1) is 9.93. The van der Waals surface area contributed by atoms with Gasteiger partial charge in [-0.3, -0.25) is 0 Å². The Kier molecular flexibility index (Phi) is 3.06. The molecule has 3 aliphatic rings. The Balaban J connectivity index is 2.01. The fourth-order valence-electron chi connectivity index (χ4n) is 3.29. The van der Waals surface area contributed by atoms with Gasteiger partial charge in [0, 0.05) is 5.92 Å². The lowest BCUT2D eigenvalue weighted by molar-refractivity contribution is -0.0502. The second-order valence-corrected chi connectivity index (χ2v) is 7.85. The molecule has 0 spiro atoms. The van der Waals surface area contributed by atoms with Gasteiger partial charge in [0.1, 0.15) is 0 Å². The Morgan fingerprint density at radius 3 is 2.55 bits per heavy atom. The van der Waals surface area contributed by atoms with Crippen molar-refractivity contribution in [2.24, 2.45) is 11.3 Å². The van der Waals surface area contributed by atoms with Gasteiger partial charge < -0.3 is 4.18 Å². The molecular formula is C13H13F4NO3S. The summed E-state index contributed by atoms with van der Waals surface area (Å²) in [5, 5.41) is 0. The van der Waals surface area contributed by atoms with Gasteiger partial charge in [-0.25, -0.2) is 9.37 Å². The maximum Gasteiger partial charge on any atom is 0.534 e. The van der Waals surface area contributed by atoms with Crippen molar-refractivity contribution in [1.29, 1.82) is 0 Å². The first kappa shape index (κ1) is 15.5. The smallest absolute Gasteiger partial charge is 0.352 e. The van der Waals surface area contributed by atoms with E-state index in [9.17, 15) is 26.0 Å². The average molecular weight is 339 g/mol. The molecule has 2 atom stereocenters. The second-order valence-electron chi connectivity index (χ2n) is 6.31. The zero-order chi connectivity index (χ0) is 16.5. The normalized spacial score (nSPS) is 26.1. The van der Waals surface area contributed by atoms with Gasteiger partial charge in [0.05, 0.1) is 5.69 Å². The number of halogens is 4. The van der Waals surface area contributed by atoms with Crippen molar-refractivity contribution in [1.82, 2.24) is 4.98 Å². The van der Waals surface area contributed by atoms with Crippen LogP contribution in [0.5, 0.6) is 5.88 Å². The second kappa shape index (κ2) is 4.33. The summed E-state index contributed by atoms with van der Waals surface area (Å²) in [7, 11) is -5.94. The summed E-state index contributed by atoms with van der Waals surface area (Å²) < 4.78 is 76.7. The van der Waals surface area contributed by atoms with E-state index < -0.39 is 27.3 Å². The van der Waals surface area contributed by atoms with Crippen LogP contribution in [0.25, 0.3) is 0 Å². The van der Waals surface area contributed by atoms with Crippen molar-refractivity contribution < 1.29 is 30.2 Å². The van der Waals surface area contributed by atoms with Gasteiger partial charge in [0.15, 0.2) is 5.82 Å². The fraction of sp³-hybridized carbons (Fsp3) is 0.615. The van der Waals surface area contributed by atoms with Gasteiger partial charge in [0.2, 0.25) is 0 Å². The van der Waals surface area contributed by atoms with Crippen LogP contribution in [0.1, 0.15) is 37.4 Å². The Morgan fingerprint density at radius 1 is 1.36 bits per heavy atom. The largest absolute Gasteiger partial charge is 0.534 e. The topological polar surface area (TPSA) is 56.3 Å². The molecule has 0 unspecified atom stereocenters. The molecule has 4 nitrogen and oxygen atoms in total. The lowest BCUT2D eigenvalue weighted by atomic mass is 9.48. The van der Waals surface area contributed by atoms with Gasteiger partial charge >= 0.3 is 15.6 Å². The quantitative estimate of drug-likeness (QED) is 0.472. The highest BCUT2D eigenvalue weighted by atomic mass is 32.2. The first-order valence-corrected chi connectivity index (χ1v) is 8.04. The summed E-state index contributed by atoms with van der Waals surface area (Å²) in [6, 6.07) is 1.03. The van der Waals surface area contributed by atoms with Gasteiger partial charge in [-0.15, -0.1) is 0 Å². The maximum atomic E-state index is 13.8. The molecule has 0 amide bonds. The Bertz CT molecular complexity index is 742. The summed E-state index contributed by atoms with van der Waals surface area (Å²) >= 11 is 0. The molecule has 3 aliphatic carbocycles. The van der Waals surface area contributed by atoms with Crippen LogP contribution >= 0.6 is 0 Å². The Morgan fingerprint density at radius 2 is 2.00 bits per heavy atom. The highest BCUT2D eigenvalue weighted by molar-refractivity contribution is 7.87. The van der Waals surface area contributed by atoms with E-state index in [1.807, 2.05) is 13.8 Å². The van der Waals surface area contributed by atoms with Crippen LogP contribution in [0, 0.1) is 17.2 Å². The minimum atomic E-state index is -5.94. The van der Waals surface area contributed by atoms with Gasteiger partial charge in [-0.2, -0.15) is 21.6 Å². The number of rotatable bonds is 2. The molecule has 4 rings (SSSR count). The summed E-state index contributed by atoms with van der Waals surface area (Å²) in [5.74, 6) is -2.00. The highest BCUT2D eigenvalue weighted by Crippen LogP contribution is 2.61. The van der Waals surface area contributed by atoms with Crippen LogP contribution in [0.4, 0.5) is 17.6 Å². The number of nitrogens with zero attached hydrogens (tertiary/aromatic N) is 1. The van der Waals surface area contributed by atoms with E-state index in [1.165, 1.54) is 0 Å². The molecular weight excluding hydrogens is 326 g/mol. The number of hydrogen-bond donors (Lipinski definition) is 0. The third-order valence-corrected chi connectivity index (χ3v) is 5.74.